The van der Waals surface area contributed by atoms with Crippen molar-refractivity contribution in [1.29, 1.82) is 0 Å². The Morgan fingerprint density at radius 3 is 2.21 bits per heavy atom. The Labute approximate surface area is 110 Å². The van der Waals surface area contributed by atoms with Gasteiger partial charge in [0, 0.05) is 5.56 Å². The van der Waals surface area contributed by atoms with Crippen molar-refractivity contribution in [3.8, 4) is 28.4 Å². The average Bonchev–Trinajstić information content (AvgIpc) is 2.46. The normalized spacial score (nSPS) is 10.1. The Bertz CT molecular complexity index is 630. The fraction of sp³-hybridized carbons (Fsp3) is 0.214. The summed E-state index contributed by atoms with van der Waals surface area (Å²) in [6, 6.07) is 6.75. The van der Waals surface area contributed by atoms with Crippen LogP contribution >= 0.6 is 0 Å². The molecule has 2 rings (SSSR count). The van der Waals surface area contributed by atoms with E-state index in [2.05, 4.69) is 0 Å². The van der Waals surface area contributed by atoms with E-state index in [1.165, 1.54) is 27.6 Å². The van der Waals surface area contributed by atoms with Crippen molar-refractivity contribution in [2.75, 3.05) is 21.3 Å². The molecule has 5 heteroatoms. The molecule has 19 heavy (non-hydrogen) atoms. The standard InChI is InChI=1S/C14H14O5/c1-16-11-7-6-9(12(17-2)13(11)18-3)10-5-4-8-19-14(10)15/h4-8H,1-3H3. The molecule has 0 atom stereocenters. The van der Waals surface area contributed by atoms with Gasteiger partial charge in [-0.05, 0) is 24.3 Å². The fourth-order valence-corrected chi connectivity index (χ4v) is 1.88. The first-order valence-electron chi connectivity index (χ1n) is 5.60. The highest BCUT2D eigenvalue weighted by molar-refractivity contribution is 5.75. The Kier molecular flexibility index (Phi) is 3.75. The van der Waals surface area contributed by atoms with Gasteiger partial charge in [-0.2, -0.15) is 0 Å². The van der Waals surface area contributed by atoms with Gasteiger partial charge >= 0.3 is 5.63 Å². The van der Waals surface area contributed by atoms with Gasteiger partial charge in [0.05, 0.1) is 33.2 Å². The summed E-state index contributed by atoms with van der Waals surface area (Å²) in [4.78, 5) is 11.7. The van der Waals surface area contributed by atoms with Crippen molar-refractivity contribution in [3.63, 3.8) is 0 Å². The molecule has 0 amide bonds. The molecule has 1 aromatic carbocycles. The second-order valence-corrected chi connectivity index (χ2v) is 3.70. The molecule has 0 spiro atoms. The molecule has 2 aromatic rings. The lowest BCUT2D eigenvalue weighted by Gasteiger charge is -2.15. The molecule has 0 aliphatic carbocycles. The molecule has 100 valence electrons. The maximum atomic E-state index is 11.7. The molecule has 0 fully saturated rings. The van der Waals surface area contributed by atoms with Gasteiger partial charge in [-0.1, -0.05) is 0 Å². The lowest BCUT2D eigenvalue weighted by atomic mass is 10.1. The van der Waals surface area contributed by atoms with E-state index in [1.807, 2.05) is 0 Å². The number of ether oxygens (including phenoxy) is 3. The van der Waals surface area contributed by atoms with Crippen LogP contribution in [0.3, 0.4) is 0 Å². The van der Waals surface area contributed by atoms with Crippen molar-refractivity contribution in [2.24, 2.45) is 0 Å². The van der Waals surface area contributed by atoms with Crippen LogP contribution in [-0.2, 0) is 0 Å². The highest BCUT2D eigenvalue weighted by Crippen LogP contribution is 2.43. The maximum absolute atomic E-state index is 11.7. The van der Waals surface area contributed by atoms with Gasteiger partial charge in [0.1, 0.15) is 0 Å². The summed E-state index contributed by atoms with van der Waals surface area (Å²) < 4.78 is 20.7. The zero-order chi connectivity index (χ0) is 13.8. The van der Waals surface area contributed by atoms with Crippen LogP contribution < -0.4 is 19.8 Å². The molecule has 0 saturated carbocycles. The van der Waals surface area contributed by atoms with Crippen molar-refractivity contribution in [2.45, 2.75) is 0 Å². The van der Waals surface area contributed by atoms with Gasteiger partial charge in [-0.25, -0.2) is 4.79 Å². The Hall–Kier alpha value is -2.43. The second-order valence-electron chi connectivity index (χ2n) is 3.70. The predicted octanol–water partition coefficient (Wildman–Crippen LogP) is 2.33. The zero-order valence-corrected chi connectivity index (χ0v) is 10.9. The molecule has 0 aliphatic heterocycles. The SMILES string of the molecule is COc1ccc(-c2cccoc2=O)c(OC)c1OC. The second kappa shape index (κ2) is 5.48. The van der Waals surface area contributed by atoms with E-state index < -0.39 is 5.63 Å². The third-order valence-electron chi connectivity index (χ3n) is 2.73. The molecule has 0 aliphatic rings. The highest BCUT2D eigenvalue weighted by Gasteiger charge is 2.18. The van der Waals surface area contributed by atoms with Gasteiger partial charge in [0.25, 0.3) is 0 Å². The molecule has 0 saturated heterocycles. The average molecular weight is 262 g/mol. The van der Waals surface area contributed by atoms with E-state index in [0.29, 0.717) is 28.4 Å². The lowest BCUT2D eigenvalue weighted by Crippen LogP contribution is -2.04. The van der Waals surface area contributed by atoms with Crippen molar-refractivity contribution >= 4 is 0 Å². The van der Waals surface area contributed by atoms with Crippen molar-refractivity contribution in [3.05, 3.63) is 40.9 Å². The monoisotopic (exact) mass is 262 g/mol. The van der Waals surface area contributed by atoms with Crippen molar-refractivity contribution < 1.29 is 18.6 Å². The number of hydrogen-bond acceptors (Lipinski definition) is 5. The number of benzene rings is 1. The van der Waals surface area contributed by atoms with Gasteiger partial charge in [-0.15, -0.1) is 0 Å². The summed E-state index contributed by atoms with van der Waals surface area (Å²) in [5.41, 5.74) is 0.558. The van der Waals surface area contributed by atoms with Crippen LogP contribution in [0.15, 0.2) is 39.7 Å². The molecule has 5 nitrogen and oxygen atoms in total. The Balaban J connectivity index is 2.72. The first-order valence-corrected chi connectivity index (χ1v) is 5.60. The molecule has 0 N–H and O–H groups in total. The summed E-state index contributed by atoms with van der Waals surface area (Å²) in [6.45, 7) is 0. The van der Waals surface area contributed by atoms with Crippen LogP contribution in [0, 0.1) is 0 Å². The summed E-state index contributed by atoms with van der Waals surface area (Å²) in [6.07, 6.45) is 1.33. The minimum Gasteiger partial charge on any atom is -0.493 e. The van der Waals surface area contributed by atoms with Crippen LogP contribution in [0.2, 0.25) is 0 Å². The molecule has 0 bridgehead atoms. The van der Waals surface area contributed by atoms with E-state index in [1.54, 1.807) is 24.3 Å². The summed E-state index contributed by atoms with van der Waals surface area (Å²) in [7, 11) is 4.55. The van der Waals surface area contributed by atoms with Crippen LogP contribution in [0.1, 0.15) is 0 Å². The topological polar surface area (TPSA) is 57.9 Å². The predicted molar refractivity (Wildman–Crippen MR) is 70.1 cm³/mol. The number of hydrogen-bond donors (Lipinski definition) is 0. The Morgan fingerprint density at radius 2 is 1.63 bits per heavy atom. The van der Waals surface area contributed by atoms with Gasteiger partial charge in [-0.3, -0.25) is 0 Å². The van der Waals surface area contributed by atoms with Crippen molar-refractivity contribution in [1.82, 2.24) is 0 Å². The third kappa shape index (κ3) is 2.27. The molecule has 1 aromatic heterocycles. The van der Waals surface area contributed by atoms with Crippen LogP contribution in [0.5, 0.6) is 17.2 Å². The maximum Gasteiger partial charge on any atom is 0.343 e. The van der Waals surface area contributed by atoms with Crippen LogP contribution in [0.4, 0.5) is 0 Å². The smallest absolute Gasteiger partial charge is 0.343 e. The van der Waals surface area contributed by atoms with Gasteiger partial charge in [0.15, 0.2) is 11.5 Å². The zero-order valence-electron chi connectivity index (χ0n) is 10.9. The summed E-state index contributed by atoms with van der Waals surface area (Å²) in [5, 5.41) is 0. The van der Waals surface area contributed by atoms with E-state index in [0.717, 1.165) is 0 Å². The molecular weight excluding hydrogens is 248 g/mol. The molecule has 0 unspecified atom stereocenters. The van der Waals surface area contributed by atoms with E-state index in [4.69, 9.17) is 18.6 Å². The van der Waals surface area contributed by atoms with E-state index in [-0.39, 0.29) is 0 Å². The highest BCUT2D eigenvalue weighted by atomic mass is 16.5. The first kappa shape index (κ1) is 13.0. The van der Waals surface area contributed by atoms with Crippen LogP contribution in [-0.4, -0.2) is 21.3 Å². The summed E-state index contributed by atoms with van der Waals surface area (Å²) in [5.74, 6) is 1.40. The molecular formula is C14H14O5. The summed E-state index contributed by atoms with van der Waals surface area (Å²) >= 11 is 0. The van der Waals surface area contributed by atoms with E-state index >= 15 is 0 Å². The minimum absolute atomic E-state index is 0.403. The molecule has 0 radical (unpaired) electrons. The Morgan fingerprint density at radius 1 is 0.895 bits per heavy atom. The first-order chi connectivity index (χ1) is 9.22. The van der Waals surface area contributed by atoms with E-state index in [9.17, 15) is 4.79 Å². The number of rotatable bonds is 4. The quantitative estimate of drug-likeness (QED) is 0.846. The van der Waals surface area contributed by atoms with Gasteiger partial charge < -0.3 is 18.6 Å². The van der Waals surface area contributed by atoms with Crippen LogP contribution in [0.25, 0.3) is 11.1 Å². The molecule has 1 heterocycles. The third-order valence-corrected chi connectivity index (χ3v) is 2.73. The number of methoxy groups -OCH3 is 3. The lowest BCUT2D eigenvalue weighted by molar-refractivity contribution is 0.325. The van der Waals surface area contributed by atoms with Gasteiger partial charge in [0.2, 0.25) is 5.75 Å². The largest absolute Gasteiger partial charge is 0.493 e. The fourth-order valence-electron chi connectivity index (χ4n) is 1.88. The minimum atomic E-state index is -0.437.